The lowest BCUT2D eigenvalue weighted by Gasteiger charge is -2.15. The molecule has 2 aromatic rings. The van der Waals surface area contributed by atoms with Gasteiger partial charge in [-0.1, -0.05) is 18.2 Å². The molecule has 0 fully saturated rings. The van der Waals surface area contributed by atoms with Gasteiger partial charge in [0.1, 0.15) is 17.5 Å². The molecule has 0 aromatic heterocycles. The molecule has 2 aromatic carbocycles. The van der Waals surface area contributed by atoms with Crippen LogP contribution in [-0.2, 0) is 4.74 Å². The van der Waals surface area contributed by atoms with Gasteiger partial charge in [0.2, 0.25) is 5.90 Å². The Labute approximate surface area is 124 Å². The summed E-state index contributed by atoms with van der Waals surface area (Å²) in [4.78, 5) is 4.68. The molecule has 3 rings (SSSR count). The fraction of sp³-hybridized carbons (Fsp3) is 0.235. The Morgan fingerprint density at radius 2 is 1.67 bits per heavy atom. The summed E-state index contributed by atoms with van der Waals surface area (Å²) >= 11 is 0. The summed E-state index contributed by atoms with van der Waals surface area (Å²) in [5, 5.41) is 0. The van der Waals surface area contributed by atoms with E-state index in [1.165, 1.54) is 0 Å². The molecule has 0 N–H and O–H groups in total. The van der Waals surface area contributed by atoms with Crippen molar-refractivity contribution in [3.05, 3.63) is 59.2 Å². The van der Waals surface area contributed by atoms with Crippen LogP contribution in [0.1, 0.15) is 22.7 Å². The average Bonchev–Trinajstić information content (AvgIpc) is 2.93. The van der Waals surface area contributed by atoms with E-state index >= 15 is 0 Å². The third kappa shape index (κ3) is 2.23. The molecular formula is C17H17NO3. The number of rotatable bonds is 3. The molecule has 0 radical (unpaired) electrons. The SMILES string of the molecule is COC1=NC(c2ccc(OC)cc2OC)c2ccccc21. The zero-order valence-electron chi connectivity index (χ0n) is 12.3. The number of hydrogen-bond donors (Lipinski definition) is 0. The first kappa shape index (κ1) is 13.5. The molecule has 4 heteroatoms. The number of nitrogens with zero attached hydrogens (tertiary/aromatic N) is 1. The van der Waals surface area contributed by atoms with Crippen molar-refractivity contribution >= 4 is 5.90 Å². The highest BCUT2D eigenvalue weighted by Gasteiger charge is 2.28. The number of benzene rings is 2. The molecule has 0 saturated heterocycles. The number of fused-ring (bicyclic) bond motifs is 1. The Hall–Kier alpha value is -2.49. The largest absolute Gasteiger partial charge is 0.497 e. The molecule has 1 aliphatic rings. The highest BCUT2D eigenvalue weighted by Crippen LogP contribution is 2.40. The number of methoxy groups -OCH3 is 3. The second kappa shape index (κ2) is 5.48. The molecule has 108 valence electrons. The van der Waals surface area contributed by atoms with Crippen LogP contribution in [-0.4, -0.2) is 27.2 Å². The van der Waals surface area contributed by atoms with Gasteiger partial charge in [0.15, 0.2) is 0 Å². The summed E-state index contributed by atoms with van der Waals surface area (Å²) in [5.41, 5.74) is 3.15. The predicted molar refractivity (Wildman–Crippen MR) is 81.4 cm³/mol. The van der Waals surface area contributed by atoms with Crippen molar-refractivity contribution in [1.82, 2.24) is 0 Å². The highest BCUT2D eigenvalue weighted by atomic mass is 16.5. The maximum absolute atomic E-state index is 5.49. The minimum atomic E-state index is -0.114. The zero-order valence-corrected chi connectivity index (χ0v) is 12.3. The third-order valence-electron chi connectivity index (χ3n) is 3.66. The van der Waals surface area contributed by atoms with Crippen LogP contribution in [0.5, 0.6) is 11.5 Å². The molecule has 4 nitrogen and oxygen atoms in total. The molecule has 0 spiro atoms. The topological polar surface area (TPSA) is 40.0 Å². The lowest BCUT2D eigenvalue weighted by atomic mass is 9.97. The van der Waals surface area contributed by atoms with Gasteiger partial charge in [-0.25, -0.2) is 4.99 Å². The van der Waals surface area contributed by atoms with Gasteiger partial charge in [0.25, 0.3) is 0 Å². The van der Waals surface area contributed by atoms with E-state index in [2.05, 4.69) is 11.1 Å². The maximum Gasteiger partial charge on any atom is 0.217 e. The van der Waals surface area contributed by atoms with Crippen LogP contribution in [0, 0.1) is 0 Å². The van der Waals surface area contributed by atoms with E-state index in [0.717, 1.165) is 28.2 Å². The average molecular weight is 283 g/mol. The molecule has 1 aliphatic heterocycles. The standard InChI is InChI=1S/C17H17NO3/c1-19-11-8-9-14(15(10-11)20-2)16-12-6-4-5-7-13(12)17(18-16)21-3/h4-10,16H,1-3H3. The van der Waals surface area contributed by atoms with E-state index in [4.69, 9.17) is 14.2 Å². The number of hydrogen-bond acceptors (Lipinski definition) is 4. The quantitative estimate of drug-likeness (QED) is 0.868. The molecule has 21 heavy (non-hydrogen) atoms. The molecule has 1 atom stereocenters. The maximum atomic E-state index is 5.49. The molecule has 0 aliphatic carbocycles. The monoisotopic (exact) mass is 283 g/mol. The molecular weight excluding hydrogens is 266 g/mol. The van der Waals surface area contributed by atoms with Crippen molar-refractivity contribution in [3.8, 4) is 11.5 Å². The summed E-state index contributed by atoms with van der Waals surface area (Å²) in [7, 11) is 4.93. The van der Waals surface area contributed by atoms with Crippen molar-refractivity contribution in [2.75, 3.05) is 21.3 Å². The highest BCUT2D eigenvalue weighted by molar-refractivity contribution is 5.98. The van der Waals surface area contributed by atoms with Gasteiger partial charge in [-0.2, -0.15) is 0 Å². The Kier molecular flexibility index (Phi) is 3.52. The van der Waals surface area contributed by atoms with Crippen molar-refractivity contribution in [2.24, 2.45) is 4.99 Å². The lowest BCUT2D eigenvalue weighted by molar-refractivity contribution is 0.389. The molecule has 1 heterocycles. The van der Waals surface area contributed by atoms with Gasteiger partial charge in [-0.3, -0.25) is 0 Å². The van der Waals surface area contributed by atoms with Crippen molar-refractivity contribution in [1.29, 1.82) is 0 Å². The first-order valence-electron chi connectivity index (χ1n) is 6.71. The van der Waals surface area contributed by atoms with Crippen LogP contribution >= 0.6 is 0 Å². The summed E-state index contributed by atoms with van der Waals surface area (Å²) in [5.74, 6) is 2.18. The summed E-state index contributed by atoms with van der Waals surface area (Å²) < 4.78 is 16.1. The first-order valence-corrected chi connectivity index (χ1v) is 6.71. The zero-order chi connectivity index (χ0) is 14.8. The molecule has 0 bridgehead atoms. The Morgan fingerprint density at radius 3 is 2.38 bits per heavy atom. The van der Waals surface area contributed by atoms with Gasteiger partial charge in [0, 0.05) is 17.2 Å². The van der Waals surface area contributed by atoms with E-state index in [1.54, 1.807) is 21.3 Å². The van der Waals surface area contributed by atoms with Crippen LogP contribution in [0.4, 0.5) is 0 Å². The van der Waals surface area contributed by atoms with Gasteiger partial charge < -0.3 is 14.2 Å². The van der Waals surface area contributed by atoms with E-state index in [9.17, 15) is 0 Å². The van der Waals surface area contributed by atoms with Crippen LogP contribution in [0.25, 0.3) is 0 Å². The van der Waals surface area contributed by atoms with Crippen LogP contribution in [0.15, 0.2) is 47.5 Å². The van der Waals surface area contributed by atoms with E-state index in [0.29, 0.717) is 5.90 Å². The Morgan fingerprint density at radius 1 is 0.857 bits per heavy atom. The predicted octanol–water partition coefficient (Wildman–Crippen LogP) is 3.20. The number of aliphatic imine (C=N–C) groups is 1. The summed E-state index contributed by atoms with van der Waals surface area (Å²) in [6.07, 6.45) is 0. The van der Waals surface area contributed by atoms with E-state index < -0.39 is 0 Å². The fourth-order valence-electron chi connectivity index (χ4n) is 2.63. The van der Waals surface area contributed by atoms with Crippen molar-refractivity contribution < 1.29 is 14.2 Å². The minimum absolute atomic E-state index is 0.114. The van der Waals surface area contributed by atoms with E-state index in [1.807, 2.05) is 36.4 Å². The fourth-order valence-corrected chi connectivity index (χ4v) is 2.63. The summed E-state index contributed by atoms with van der Waals surface area (Å²) in [6, 6.07) is 13.8. The van der Waals surface area contributed by atoms with Crippen molar-refractivity contribution in [3.63, 3.8) is 0 Å². The minimum Gasteiger partial charge on any atom is -0.497 e. The van der Waals surface area contributed by atoms with Gasteiger partial charge in [-0.05, 0) is 23.8 Å². The first-order chi connectivity index (χ1) is 10.3. The normalized spacial score (nSPS) is 16.1. The van der Waals surface area contributed by atoms with Crippen LogP contribution < -0.4 is 9.47 Å². The molecule has 1 unspecified atom stereocenters. The van der Waals surface area contributed by atoms with Gasteiger partial charge >= 0.3 is 0 Å². The second-order valence-electron chi connectivity index (χ2n) is 4.74. The number of ether oxygens (including phenoxy) is 3. The molecule has 0 amide bonds. The van der Waals surface area contributed by atoms with E-state index in [-0.39, 0.29) is 6.04 Å². The Bertz CT molecular complexity index is 694. The molecule has 0 saturated carbocycles. The Balaban J connectivity index is 2.11. The lowest BCUT2D eigenvalue weighted by Crippen LogP contribution is -2.00. The van der Waals surface area contributed by atoms with Gasteiger partial charge in [-0.15, -0.1) is 0 Å². The smallest absolute Gasteiger partial charge is 0.217 e. The van der Waals surface area contributed by atoms with Gasteiger partial charge in [0.05, 0.1) is 21.3 Å². The van der Waals surface area contributed by atoms with Crippen LogP contribution in [0.2, 0.25) is 0 Å². The second-order valence-corrected chi connectivity index (χ2v) is 4.74. The van der Waals surface area contributed by atoms with Crippen LogP contribution in [0.3, 0.4) is 0 Å². The summed E-state index contributed by atoms with van der Waals surface area (Å²) in [6.45, 7) is 0. The van der Waals surface area contributed by atoms with Crippen molar-refractivity contribution in [2.45, 2.75) is 6.04 Å². The third-order valence-corrected chi connectivity index (χ3v) is 3.66.